The molecule has 3 rings (SSSR count). The average molecular weight is 256 g/mol. The number of ketones is 1. The Bertz CT molecular complexity index is 611. The predicted molar refractivity (Wildman–Crippen MR) is 71.9 cm³/mol. The smallest absolute Gasteiger partial charge is 0.163 e. The quantitative estimate of drug-likeness (QED) is 0.839. The minimum absolute atomic E-state index is 0.220. The average Bonchev–Trinajstić information content (AvgIpc) is 2.73. The molecule has 1 aromatic carbocycles. The van der Waals surface area contributed by atoms with Crippen LogP contribution in [0.3, 0.4) is 0 Å². The largest absolute Gasteiger partial charge is 0.398 e. The van der Waals surface area contributed by atoms with Crippen LogP contribution in [0.2, 0.25) is 0 Å². The second-order valence-corrected chi connectivity index (χ2v) is 5.38. The van der Waals surface area contributed by atoms with Crippen molar-refractivity contribution in [1.29, 1.82) is 0 Å². The van der Waals surface area contributed by atoms with Gasteiger partial charge in [0.25, 0.3) is 0 Å². The lowest BCUT2D eigenvalue weighted by Crippen LogP contribution is -1.95. The molecule has 3 nitrogen and oxygen atoms in total. The van der Waals surface area contributed by atoms with E-state index in [0.29, 0.717) is 6.42 Å². The molecule has 0 saturated heterocycles. The Hall–Kier alpha value is -1.81. The SMILES string of the molecule is Nc1cc2c(cc1Sc1cccnc1)C(=O)CC2. The number of pyridine rings is 1. The zero-order chi connectivity index (χ0) is 12.5. The first-order valence-corrected chi connectivity index (χ1v) is 6.59. The fourth-order valence-electron chi connectivity index (χ4n) is 2.12. The fourth-order valence-corrected chi connectivity index (χ4v) is 2.98. The maximum absolute atomic E-state index is 11.7. The van der Waals surface area contributed by atoms with Gasteiger partial charge in [0.2, 0.25) is 0 Å². The van der Waals surface area contributed by atoms with E-state index in [0.717, 1.165) is 33.0 Å². The number of Topliss-reactive ketones (excluding diaryl/α,β-unsaturated/α-hetero) is 1. The monoisotopic (exact) mass is 256 g/mol. The first kappa shape index (κ1) is 11.3. The molecule has 2 N–H and O–H groups in total. The van der Waals surface area contributed by atoms with E-state index in [4.69, 9.17) is 5.73 Å². The van der Waals surface area contributed by atoms with E-state index < -0.39 is 0 Å². The van der Waals surface area contributed by atoms with Gasteiger partial charge in [-0.3, -0.25) is 9.78 Å². The molecule has 1 aliphatic rings. The van der Waals surface area contributed by atoms with Crippen molar-refractivity contribution in [3.8, 4) is 0 Å². The number of aromatic nitrogens is 1. The molecule has 18 heavy (non-hydrogen) atoms. The van der Waals surface area contributed by atoms with Gasteiger partial charge in [-0.05, 0) is 36.2 Å². The highest BCUT2D eigenvalue weighted by atomic mass is 32.2. The molecule has 0 aliphatic heterocycles. The summed E-state index contributed by atoms with van der Waals surface area (Å²) in [6.07, 6.45) is 4.95. The van der Waals surface area contributed by atoms with E-state index in [2.05, 4.69) is 4.98 Å². The van der Waals surface area contributed by atoms with Gasteiger partial charge < -0.3 is 5.73 Å². The van der Waals surface area contributed by atoms with Crippen molar-refractivity contribution in [3.63, 3.8) is 0 Å². The normalized spacial score (nSPS) is 13.7. The second-order valence-electron chi connectivity index (χ2n) is 4.26. The molecule has 1 heterocycles. The Labute approximate surface area is 109 Å². The fraction of sp³-hybridized carbons (Fsp3) is 0.143. The molecule has 0 spiro atoms. The van der Waals surface area contributed by atoms with Gasteiger partial charge in [0, 0.05) is 39.9 Å². The summed E-state index contributed by atoms with van der Waals surface area (Å²) in [6.45, 7) is 0. The predicted octanol–water partition coefficient (Wildman–Crippen LogP) is 2.94. The number of fused-ring (bicyclic) bond motifs is 1. The van der Waals surface area contributed by atoms with Crippen molar-refractivity contribution in [2.24, 2.45) is 0 Å². The number of hydrogen-bond donors (Lipinski definition) is 1. The molecular formula is C14H12N2OS. The lowest BCUT2D eigenvalue weighted by molar-refractivity contribution is 0.0994. The van der Waals surface area contributed by atoms with Crippen LogP contribution < -0.4 is 5.73 Å². The number of hydrogen-bond acceptors (Lipinski definition) is 4. The summed E-state index contributed by atoms with van der Waals surface area (Å²) in [7, 11) is 0. The highest BCUT2D eigenvalue weighted by Crippen LogP contribution is 2.36. The maximum atomic E-state index is 11.7. The molecule has 4 heteroatoms. The van der Waals surface area contributed by atoms with Crippen molar-refractivity contribution in [2.75, 3.05) is 5.73 Å². The molecule has 2 aromatic rings. The van der Waals surface area contributed by atoms with Crippen LogP contribution in [0, 0.1) is 0 Å². The second kappa shape index (κ2) is 4.46. The van der Waals surface area contributed by atoms with Gasteiger partial charge in [-0.25, -0.2) is 0 Å². The van der Waals surface area contributed by atoms with Gasteiger partial charge in [0.1, 0.15) is 0 Å². The van der Waals surface area contributed by atoms with Crippen LogP contribution in [-0.4, -0.2) is 10.8 Å². The molecule has 1 aliphatic carbocycles. The van der Waals surface area contributed by atoms with Crippen LogP contribution in [0.1, 0.15) is 22.3 Å². The summed E-state index contributed by atoms with van der Waals surface area (Å²) in [5, 5.41) is 0. The number of aryl methyl sites for hydroxylation is 1. The number of carbonyl (C=O) groups is 1. The standard InChI is InChI=1S/C14H12N2OS/c15-12-6-9-3-4-13(17)11(9)7-14(12)18-10-2-1-5-16-8-10/h1-2,5-8H,3-4,15H2. The van der Waals surface area contributed by atoms with Crippen molar-refractivity contribution < 1.29 is 4.79 Å². The number of benzene rings is 1. The third-order valence-corrected chi connectivity index (χ3v) is 4.07. The molecule has 0 unspecified atom stereocenters. The number of rotatable bonds is 2. The van der Waals surface area contributed by atoms with Gasteiger partial charge in [-0.1, -0.05) is 11.8 Å². The number of carbonyl (C=O) groups excluding carboxylic acids is 1. The highest BCUT2D eigenvalue weighted by Gasteiger charge is 2.21. The van der Waals surface area contributed by atoms with E-state index in [1.54, 1.807) is 24.2 Å². The highest BCUT2D eigenvalue weighted by molar-refractivity contribution is 7.99. The van der Waals surface area contributed by atoms with Gasteiger partial charge >= 0.3 is 0 Å². The first-order valence-electron chi connectivity index (χ1n) is 5.77. The number of nitrogens with two attached hydrogens (primary N) is 1. The van der Waals surface area contributed by atoms with Crippen LogP contribution in [0.15, 0.2) is 46.5 Å². The van der Waals surface area contributed by atoms with Gasteiger partial charge in [0.15, 0.2) is 5.78 Å². The van der Waals surface area contributed by atoms with E-state index >= 15 is 0 Å². The van der Waals surface area contributed by atoms with E-state index in [1.165, 1.54) is 0 Å². The van der Waals surface area contributed by atoms with Gasteiger partial charge in [0.05, 0.1) is 0 Å². The van der Waals surface area contributed by atoms with Gasteiger partial charge in [-0.2, -0.15) is 0 Å². The topological polar surface area (TPSA) is 56.0 Å². The van der Waals surface area contributed by atoms with Crippen LogP contribution in [0.25, 0.3) is 0 Å². The number of nitrogens with zero attached hydrogens (tertiary/aromatic N) is 1. The third kappa shape index (κ3) is 1.99. The summed E-state index contributed by atoms with van der Waals surface area (Å²) in [5.74, 6) is 0.220. The third-order valence-electron chi connectivity index (χ3n) is 3.02. The maximum Gasteiger partial charge on any atom is 0.163 e. The van der Waals surface area contributed by atoms with Crippen LogP contribution in [-0.2, 0) is 6.42 Å². The number of nitrogen functional groups attached to an aromatic ring is 1. The Kier molecular flexibility index (Phi) is 2.80. The Balaban J connectivity index is 1.98. The molecule has 0 atom stereocenters. The van der Waals surface area contributed by atoms with Crippen LogP contribution in [0.4, 0.5) is 5.69 Å². The summed E-state index contributed by atoms with van der Waals surface area (Å²) in [5.41, 5.74) is 8.67. The first-order chi connectivity index (χ1) is 8.74. The van der Waals surface area contributed by atoms with Crippen molar-refractivity contribution >= 4 is 23.2 Å². The zero-order valence-electron chi connectivity index (χ0n) is 9.72. The molecule has 0 amide bonds. The summed E-state index contributed by atoms with van der Waals surface area (Å²) in [6, 6.07) is 7.71. The molecule has 1 aromatic heterocycles. The zero-order valence-corrected chi connectivity index (χ0v) is 10.5. The van der Waals surface area contributed by atoms with E-state index in [-0.39, 0.29) is 5.78 Å². The minimum atomic E-state index is 0.220. The van der Waals surface area contributed by atoms with Crippen molar-refractivity contribution in [1.82, 2.24) is 4.98 Å². The Morgan fingerprint density at radius 2 is 2.17 bits per heavy atom. The van der Waals surface area contributed by atoms with E-state index in [1.807, 2.05) is 24.3 Å². The van der Waals surface area contributed by atoms with Crippen molar-refractivity contribution in [2.45, 2.75) is 22.6 Å². The molecule has 0 radical (unpaired) electrons. The number of anilines is 1. The Morgan fingerprint density at radius 3 is 2.94 bits per heavy atom. The lowest BCUT2D eigenvalue weighted by Gasteiger charge is -2.08. The minimum Gasteiger partial charge on any atom is -0.398 e. The summed E-state index contributed by atoms with van der Waals surface area (Å²) >= 11 is 1.54. The van der Waals surface area contributed by atoms with Crippen LogP contribution in [0.5, 0.6) is 0 Å². The lowest BCUT2D eigenvalue weighted by atomic mass is 10.1. The van der Waals surface area contributed by atoms with Crippen LogP contribution >= 0.6 is 11.8 Å². The summed E-state index contributed by atoms with van der Waals surface area (Å²) in [4.78, 5) is 17.7. The molecule has 90 valence electrons. The Morgan fingerprint density at radius 1 is 1.28 bits per heavy atom. The summed E-state index contributed by atoms with van der Waals surface area (Å²) < 4.78 is 0. The molecule has 0 saturated carbocycles. The molecule has 0 bridgehead atoms. The molecular weight excluding hydrogens is 244 g/mol. The van der Waals surface area contributed by atoms with Crippen molar-refractivity contribution in [3.05, 3.63) is 47.8 Å². The van der Waals surface area contributed by atoms with Gasteiger partial charge in [-0.15, -0.1) is 0 Å². The molecule has 0 fully saturated rings. The van der Waals surface area contributed by atoms with E-state index in [9.17, 15) is 4.79 Å².